The van der Waals surface area contributed by atoms with Crippen LogP contribution in [0.2, 0.25) is 0 Å². The topological polar surface area (TPSA) is 73.1 Å². The molecule has 2 rings (SSSR count). The van der Waals surface area contributed by atoms with E-state index in [1.165, 1.54) is 30.3 Å². The third-order valence-electron chi connectivity index (χ3n) is 4.03. The predicted octanol–water partition coefficient (Wildman–Crippen LogP) is 0.242. The first-order valence-electron chi connectivity index (χ1n) is 7.05. The molecule has 0 saturated heterocycles. The van der Waals surface area contributed by atoms with Crippen molar-refractivity contribution in [2.45, 2.75) is 45.2 Å². The maximum absolute atomic E-state index is 12.0. The van der Waals surface area contributed by atoms with Crippen LogP contribution >= 0.6 is 0 Å². The van der Waals surface area contributed by atoms with E-state index in [2.05, 4.69) is 12.2 Å². The molecule has 1 aromatic heterocycles. The van der Waals surface area contributed by atoms with Gasteiger partial charge in [0.25, 0.3) is 5.56 Å². The minimum absolute atomic E-state index is 0.0455. The fourth-order valence-corrected chi connectivity index (χ4v) is 2.67. The molecule has 0 aromatic carbocycles. The third-order valence-corrected chi connectivity index (χ3v) is 4.03. The molecule has 0 spiro atoms. The normalized spacial score (nSPS) is 22.5. The highest BCUT2D eigenvalue weighted by atomic mass is 16.2. The summed E-state index contributed by atoms with van der Waals surface area (Å²) in [5, 5.41) is 2.99. The van der Waals surface area contributed by atoms with Gasteiger partial charge >= 0.3 is 5.69 Å². The molecule has 0 radical (unpaired) electrons. The summed E-state index contributed by atoms with van der Waals surface area (Å²) < 4.78 is 2.25. The fraction of sp³-hybridized carbons (Fsp3) is 0.643. The molecule has 1 heterocycles. The summed E-state index contributed by atoms with van der Waals surface area (Å²) in [4.78, 5) is 35.1. The lowest BCUT2D eigenvalue weighted by atomic mass is 9.86. The highest BCUT2D eigenvalue weighted by molar-refractivity contribution is 5.76. The Kier molecular flexibility index (Phi) is 4.42. The second kappa shape index (κ2) is 6.07. The smallest absolute Gasteiger partial charge is 0.331 e. The Morgan fingerprint density at radius 2 is 2.05 bits per heavy atom. The maximum Gasteiger partial charge on any atom is 0.331 e. The van der Waals surface area contributed by atoms with Crippen LogP contribution < -0.4 is 16.6 Å². The first-order valence-corrected chi connectivity index (χ1v) is 7.05. The molecular weight excluding hydrogens is 258 g/mol. The average molecular weight is 279 g/mol. The van der Waals surface area contributed by atoms with Crippen LogP contribution in [-0.4, -0.2) is 21.1 Å². The molecule has 1 aromatic rings. The van der Waals surface area contributed by atoms with Gasteiger partial charge in [0.2, 0.25) is 5.91 Å². The standard InChI is InChI=1S/C14H21N3O3/c1-10-5-3-4-6-11(10)15-12(18)9-17-8-7-13(19)16(2)14(17)20/h7-8,10-11H,3-6,9H2,1-2H3,(H,15,18)/t10-,11-/m0/s1. The fourth-order valence-electron chi connectivity index (χ4n) is 2.67. The number of amides is 1. The number of rotatable bonds is 3. The minimum atomic E-state index is -0.468. The summed E-state index contributed by atoms with van der Waals surface area (Å²) in [6.07, 6.45) is 5.84. The van der Waals surface area contributed by atoms with E-state index in [-0.39, 0.29) is 24.1 Å². The van der Waals surface area contributed by atoms with Crippen molar-refractivity contribution in [3.05, 3.63) is 33.1 Å². The Bertz CT molecular complexity index is 602. The van der Waals surface area contributed by atoms with Gasteiger partial charge in [0.1, 0.15) is 6.54 Å². The van der Waals surface area contributed by atoms with Crippen LogP contribution in [-0.2, 0) is 18.4 Å². The van der Waals surface area contributed by atoms with Crippen LogP contribution in [0.1, 0.15) is 32.6 Å². The Hall–Kier alpha value is -1.85. The zero-order chi connectivity index (χ0) is 14.7. The molecule has 6 nitrogen and oxygen atoms in total. The highest BCUT2D eigenvalue weighted by Crippen LogP contribution is 2.23. The summed E-state index contributed by atoms with van der Waals surface area (Å²) in [6, 6.07) is 1.48. The maximum atomic E-state index is 12.0. The number of aromatic nitrogens is 2. The van der Waals surface area contributed by atoms with E-state index in [0.717, 1.165) is 23.8 Å². The van der Waals surface area contributed by atoms with Crippen LogP contribution in [0.15, 0.2) is 21.9 Å². The van der Waals surface area contributed by atoms with Gasteiger partial charge in [-0.3, -0.25) is 18.7 Å². The quantitative estimate of drug-likeness (QED) is 0.861. The Morgan fingerprint density at radius 3 is 2.75 bits per heavy atom. The Balaban J connectivity index is 2.03. The summed E-state index contributed by atoms with van der Waals surface area (Å²) in [5.74, 6) is 0.300. The van der Waals surface area contributed by atoms with Crippen molar-refractivity contribution in [1.82, 2.24) is 14.5 Å². The lowest BCUT2D eigenvalue weighted by molar-refractivity contribution is -0.123. The van der Waals surface area contributed by atoms with Crippen molar-refractivity contribution in [3.8, 4) is 0 Å². The Morgan fingerprint density at radius 1 is 1.35 bits per heavy atom. The zero-order valence-electron chi connectivity index (χ0n) is 12.0. The van der Waals surface area contributed by atoms with Gasteiger partial charge in [0, 0.05) is 25.4 Å². The third kappa shape index (κ3) is 3.18. The van der Waals surface area contributed by atoms with Crippen molar-refractivity contribution in [3.63, 3.8) is 0 Å². The SMILES string of the molecule is C[C@H]1CCCC[C@@H]1NC(=O)Cn1ccc(=O)n(C)c1=O. The summed E-state index contributed by atoms with van der Waals surface area (Å²) in [5.41, 5.74) is -0.836. The summed E-state index contributed by atoms with van der Waals surface area (Å²) >= 11 is 0. The molecule has 1 aliphatic rings. The first kappa shape index (κ1) is 14.6. The largest absolute Gasteiger partial charge is 0.352 e. The number of carbonyl (C=O) groups excluding carboxylic acids is 1. The van der Waals surface area contributed by atoms with Crippen LogP contribution in [0.3, 0.4) is 0 Å². The minimum Gasteiger partial charge on any atom is -0.352 e. The molecule has 110 valence electrons. The molecule has 1 aliphatic carbocycles. The zero-order valence-corrected chi connectivity index (χ0v) is 12.0. The van der Waals surface area contributed by atoms with E-state index in [1.807, 2.05) is 0 Å². The van der Waals surface area contributed by atoms with E-state index >= 15 is 0 Å². The Labute approximate surface area is 117 Å². The number of hydrogen-bond donors (Lipinski definition) is 1. The van der Waals surface area contributed by atoms with Crippen molar-refractivity contribution < 1.29 is 4.79 Å². The molecule has 0 bridgehead atoms. The molecule has 1 fully saturated rings. The molecule has 1 N–H and O–H groups in total. The predicted molar refractivity (Wildman–Crippen MR) is 75.5 cm³/mol. The van der Waals surface area contributed by atoms with Gasteiger partial charge in [-0.25, -0.2) is 4.79 Å². The van der Waals surface area contributed by atoms with Gasteiger partial charge in [-0.15, -0.1) is 0 Å². The lowest BCUT2D eigenvalue weighted by Crippen LogP contribution is -2.45. The highest BCUT2D eigenvalue weighted by Gasteiger charge is 2.22. The molecule has 0 unspecified atom stereocenters. The summed E-state index contributed by atoms with van der Waals surface area (Å²) in [7, 11) is 1.41. The molecule has 2 atom stereocenters. The molecule has 0 aliphatic heterocycles. The second-order valence-electron chi connectivity index (χ2n) is 5.56. The molecule has 1 saturated carbocycles. The second-order valence-corrected chi connectivity index (χ2v) is 5.56. The van der Waals surface area contributed by atoms with Crippen molar-refractivity contribution >= 4 is 5.91 Å². The van der Waals surface area contributed by atoms with Crippen molar-refractivity contribution in [2.24, 2.45) is 13.0 Å². The van der Waals surface area contributed by atoms with E-state index in [0.29, 0.717) is 5.92 Å². The van der Waals surface area contributed by atoms with E-state index in [1.54, 1.807) is 0 Å². The van der Waals surface area contributed by atoms with Crippen LogP contribution in [0.25, 0.3) is 0 Å². The first-order chi connectivity index (χ1) is 9.49. The van der Waals surface area contributed by atoms with Crippen molar-refractivity contribution in [1.29, 1.82) is 0 Å². The molecule has 20 heavy (non-hydrogen) atoms. The lowest BCUT2D eigenvalue weighted by Gasteiger charge is -2.29. The summed E-state index contributed by atoms with van der Waals surface area (Å²) in [6.45, 7) is 2.10. The number of nitrogens with zero attached hydrogens (tertiary/aromatic N) is 2. The van der Waals surface area contributed by atoms with Crippen LogP contribution in [0.5, 0.6) is 0 Å². The molecule has 1 amide bonds. The van der Waals surface area contributed by atoms with Gasteiger partial charge in [-0.2, -0.15) is 0 Å². The monoisotopic (exact) mass is 279 g/mol. The van der Waals surface area contributed by atoms with Gasteiger partial charge in [0.15, 0.2) is 0 Å². The van der Waals surface area contributed by atoms with E-state index < -0.39 is 5.69 Å². The van der Waals surface area contributed by atoms with Crippen LogP contribution in [0, 0.1) is 5.92 Å². The average Bonchev–Trinajstić information content (AvgIpc) is 2.42. The number of carbonyl (C=O) groups is 1. The number of hydrogen-bond acceptors (Lipinski definition) is 3. The van der Waals surface area contributed by atoms with E-state index in [4.69, 9.17) is 0 Å². The van der Waals surface area contributed by atoms with Crippen LogP contribution in [0.4, 0.5) is 0 Å². The van der Waals surface area contributed by atoms with E-state index in [9.17, 15) is 14.4 Å². The number of nitrogens with one attached hydrogen (secondary N) is 1. The van der Waals surface area contributed by atoms with Gasteiger partial charge < -0.3 is 5.32 Å². The molecular formula is C14H21N3O3. The van der Waals surface area contributed by atoms with Gasteiger partial charge in [-0.05, 0) is 18.8 Å². The van der Waals surface area contributed by atoms with Gasteiger partial charge in [-0.1, -0.05) is 19.8 Å². The van der Waals surface area contributed by atoms with Gasteiger partial charge in [0.05, 0.1) is 0 Å². The van der Waals surface area contributed by atoms with Crippen molar-refractivity contribution in [2.75, 3.05) is 0 Å². The molecule has 6 heteroatoms.